The van der Waals surface area contributed by atoms with Crippen LogP contribution in [0.4, 0.5) is 17.1 Å². The standard InChI is InChI=1S/C27H20N2O5S.Na.H/c28-25-22(35(32,33)34)15-21(23-24(25)27(31)20-12-5-4-11-19(20)26(23)30)29-18-10-6-9-17(14-18)13-16-7-2-1-3-8-16;;/h1-12,14-15,29H,13,28H2,(H,32,33,34);;/q;+1;-1. The molecule has 0 radical (unpaired) electrons. The Bertz CT molecular complexity index is 1630. The molecule has 36 heavy (non-hydrogen) atoms. The summed E-state index contributed by atoms with van der Waals surface area (Å²) in [6.07, 6.45) is 0.664. The van der Waals surface area contributed by atoms with Crippen molar-refractivity contribution in [2.24, 2.45) is 0 Å². The zero-order chi connectivity index (χ0) is 24.7. The fourth-order valence-corrected chi connectivity index (χ4v) is 5.00. The molecule has 0 aromatic heterocycles. The normalized spacial score (nSPS) is 12.4. The fraction of sp³-hybridized carbons (Fsp3) is 0.0370. The van der Waals surface area contributed by atoms with Gasteiger partial charge in [0.05, 0.1) is 22.5 Å². The molecule has 0 heterocycles. The Hall–Kier alpha value is -3.27. The van der Waals surface area contributed by atoms with Crippen LogP contribution in [-0.2, 0) is 16.5 Å². The van der Waals surface area contributed by atoms with Crippen molar-refractivity contribution >= 4 is 38.7 Å². The number of hydrogen-bond acceptors (Lipinski definition) is 6. The quantitative estimate of drug-likeness (QED) is 0.188. The van der Waals surface area contributed by atoms with E-state index in [2.05, 4.69) is 5.32 Å². The summed E-state index contributed by atoms with van der Waals surface area (Å²) in [4.78, 5) is 26.1. The monoisotopic (exact) mass is 508 g/mol. The van der Waals surface area contributed by atoms with Gasteiger partial charge < -0.3 is 12.5 Å². The molecule has 4 aromatic carbocycles. The van der Waals surface area contributed by atoms with Crippen molar-refractivity contribution in [3.8, 4) is 0 Å². The van der Waals surface area contributed by atoms with E-state index in [9.17, 15) is 22.6 Å². The molecule has 0 saturated carbocycles. The summed E-state index contributed by atoms with van der Waals surface area (Å²) in [5.74, 6) is -1.05. The predicted octanol–water partition coefficient (Wildman–Crippen LogP) is 1.74. The van der Waals surface area contributed by atoms with Gasteiger partial charge in [-0.25, -0.2) is 0 Å². The first kappa shape index (κ1) is 25.8. The van der Waals surface area contributed by atoms with Crippen molar-refractivity contribution in [3.05, 3.63) is 118 Å². The SMILES string of the molecule is Nc1c(S(=O)(=O)O)cc(Nc2cccc(Cc3ccccc3)c2)c2c1C(=O)c1ccccc1C2=O.[H-].[Na+]. The van der Waals surface area contributed by atoms with Crippen molar-refractivity contribution in [1.29, 1.82) is 0 Å². The summed E-state index contributed by atoms with van der Waals surface area (Å²) >= 11 is 0. The van der Waals surface area contributed by atoms with Gasteiger partial charge >= 0.3 is 29.6 Å². The third-order valence-electron chi connectivity index (χ3n) is 5.93. The van der Waals surface area contributed by atoms with E-state index < -0.39 is 32.3 Å². The second-order valence-corrected chi connectivity index (χ2v) is 9.64. The third kappa shape index (κ3) is 4.74. The number of carbonyl (C=O) groups excluding carboxylic acids is 2. The van der Waals surface area contributed by atoms with E-state index in [1.807, 2.05) is 48.5 Å². The first-order valence-electron chi connectivity index (χ1n) is 10.8. The van der Waals surface area contributed by atoms with E-state index in [-0.39, 0.29) is 58.9 Å². The number of nitrogens with one attached hydrogen (secondary N) is 1. The van der Waals surface area contributed by atoms with Crippen LogP contribution in [0, 0.1) is 0 Å². The zero-order valence-electron chi connectivity index (χ0n) is 20.4. The van der Waals surface area contributed by atoms with Crippen molar-refractivity contribution in [2.45, 2.75) is 11.3 Å². The van der Waals surface area contributed by atoms with Gasteiger partial charge in [0.2, 0.25) is 0 Å². The molecule has 0 atom stereocenters. The van der Waals surface area contributed by atoms with Gasteiger partial charge in [-0.15, -0.1) is 0 Å². The van der Waals surface area contributed by atoms with Crippen LogP contribution in [0.5, 0.6) is 0 Å². The summed E-state index contributed by atoms with van der Waals surface area (Å²) in [5.41, 5.74) is 8.35. The van der Waals surface area contributed by atoms with Crippen molar-refractivity contribution in [1.82, 2.24) is 0 Å². The maximum atomic E-state index is 13.4. The molecule has 0 unspecified atom stereocenters. The Balaban J connectivity index is 0.00000190. The number of carbonyl (C=O) groups is 2. The van der Waals surface area contributed by atoms with Crippen LogP contribution in [-0.4, -0.2) is 24.5 Å². The molecular weight excluding hydrogens is 487 g/mol. The van der Waals surface area contributed by atoms with Crippen LogP contribution < -0.4 is 40.6 Å². The Labute approximate surface area is 231 Å². The number of anilines is 3. The largest absolute Gasteiger partial charge is 1.00 e. The number of rotatable bonds is 5. The van der Waals surface area contributed by atoms with E-state index in [1.165, 1.54) is 12.1 Å². The van der Waals surface area contributed by atoms with Gasteiger partial charge in [0, 0.05) is 16.8 Å². The molecule has 0 spiro atoms. The van der Waals surface area contributed by atoms with Crippen LogP contribution in [0.1, 0.15) is 44.4 Å². The predicted molar refractivity (Wildman–Crippen MR) is 134 cm³/mol. The van der Waals surface area contributed by atoms with Gasteiger partial charge in [-0.05, 0) is 35.7 Å². The van der Waals surface area contributed by atoms with Crippen molar-refractivity contribution in [3.63, 3.8) is 0 Å². The average Bonchev–Trinajstić information content (AvgIpc) is 2.83. The van der Waals surface area contributed by atoms with E-state index in [0.29, 0.717) is 12.1 Å². The summed E-state index contributed by atoms with van der Waals surface area (Å²) in [6.45, 7) is 0. The number of nitrogens with two attached hydrogens (primary N) is 1. The Morgan fingerprint density at radius 3 is 2.00 bits per heavy atom. The molecular formula is C27H21N2NaO5S. The zero-order valence-corrected chi connectivity index (χ0v) is 22.2. The van der Waals surface area contributed by atoms with Gasteiger partial charge in [0.15, 0.2) is 11.6 Å². The topological polar surface area (TPSA) is 127 Å². The summed E-state index contributed by atoms with van der Waals surface area (Å²) < 4.78 is 34.0. The molecule has 4 N–H and O–H groups in total. The minimum Gasteiger partial charge on any atom is -1.00 e. The maximum Gasteiger partial charge on any atom is 1.00 e. The number of benzene rings is 4. The van der Waals surface area contributed by atoms with Crippen LogP contribution >= 0.6 is 0 Å². The number of fused-ring (bicyclic) bond motifs is 2. The minimum atomic E-state index is -4.78. The molecule has 1 aliphatic carbocycles. The van der Waals surface area contributed by atoms with Crippen LogP contribution in [0.2, 0.25) is 0 Å². The Kier molecular flexibility index (Phi) is 7.17. The van der Waals surface area contributed by atoms with Crippen molar-refractivity contribution in [2.75, 3.05) is 11.1 Å². The summed E-state index contributed by atoms with van der Waals surface area (Å²) in [5, 5.41) is 3.08. The van der Waals surface area contributed by atoms with Crippen LogP contribution in [0.25, 0.3) is 0 Å². The van der Waals surface area contributed by atoms with Crippen LogP contribution in [0.15, 0.2) is 89.8 Å². The van der Waals surface area contributed by atoms with Gasteiger partial charge in [-0.1, -0.05) is 66.7 Å². The molecule has 176 valence electrons. The van der Waals surface area contributed by atoms with Crippen molar-refractivity contribution < 1.29 is 53.5 Å². The molecule has 0 saturated heterocycles. The molecule has 0 fully saturated rings. The minimum absolute atomic E-state index is 0. The smallest absolute Gasteiger partial charge is 1.00 e. The first-order chi connectivity index (χ1) is 16.7. The van der Waals surface area contributed by atoms with Gasteiger partial charge in [-0.2, -0.15) is 8.42 Å². The molecule has 9 heteroatoms. The summed E-state index contributed by atoms with van der Waals surface area (Å²) in [6, 6.07) is 24.6. The van der Waals surface area contributed by atoms with Crippen LogP contribution in [0.3, 0.4) is 0 Å². The molecule has 0 aliphatic heterocycles. The van der Waals surface area contributed by atoms with E-state index >= 15 is 0 Å². The molecule has 4 aromatic rings. The van der Waals surface area contributed by atoms with E-state index in [4.69, 9.17) is 5.73 Å². The van der Waals surface area contributed by atoms with Gasteiger partial charge in [-0.3, -0.25) is 14.1 Å². The average molecular weight is 509 g/mol. The fourth-order valence-electron chi connectivity index (χ4n) is 4.35. The second-order valence-electron chi connectivity index (χ2n) is 8.25. The van der Waals surface area contributed by atoms with Gasteiger partial charge in [0.1, 0.15) is 4.90 Å². The van der Waals surface area contributed by atoms with E-state index in [0.717, 1.165) is 17.2 Å². The number of nitrogen functional groups attached to an aromatic ring is 1. The second kappa shape index (κ2) is 10.0. The van der Waals surface area contributed by atoms with Gasteiger partial charge in [0.25, 0.3) is 10.1 Å². The first-order valence-corrected chi connectivity index (χ1v) is 12.2. The molecule has 7 nitrogen and oxygen atoms in total. The summed E-state index contributed by atoms with van der Waals surface area (Å²) in [7, 11) is -4.78. The third-order valence-corrected chi connectivity index (χ3v) is 6.83. The number of ketones is 2. The Morgan fingerprint density at radius 2 is 1.36 bits per heavy atom. The maximum absolute atomic E-state index is 13.4. The Morgan fingerprint density at radius 1 is 0.778 bits per heavy atom. The molecule has 1 aliphatic rings. The van der Waals surface area contributed by atoms with E-state index in [1.54, 1.807) is 18.2 Å². The number of hydrogen-bond donors (Lipinski definition) is 3. The molecule has 5 rings (SSSR count). The molecule has 0 amide bonds. The molecule has 0 bridgehead atoms.